The second-order valence-electron chi connectivity index (χ2n) is 7.78. The highest BCUT2D eigenvalue weighted by Gasteiger charge is 2.36. The van der Waals surface area contributed by atoms with E-state index in [-0.39, 0.29) is 17.4 Å². The van der Waals surface area contributed by atoms with Crippen molar-refractivity contribution in [2.75, 3.05) is 11.9 Å². The lowest BCUT2D eigenvalue weighted by molar-refractivity contribution is -0.119. The first-order valence-corrected chi connectivity index (χ1v) is 10.9. The molecule has 0 bridgehead atoms. The van der Waals surface area contributed by atoms with Crippen LogP contribution in [-0.2, 0) is 17.8 Å². The van der Waals surface area contributed by atoms with Crippen LogP contribution in [0.4, 0.5) is 5.69 Å². The van der Waals surface area contributed by atoms with Crippen LogP contribution >= 0.6 is 15.9 Å². The molecule has 0 saturated carbocycles. The predicted molar refractivity (Wildman–Crippen MR) is 126 cm³/mol. The highest BCUT2D eigenvalue weighted by Crippen LogP contribution is 2.39. The fourth-order valence-electron chi connectivity index (χ4n) is 4.27. The smallest absolute Gasteiger partial charge is 0.261 e. The van der Waals surface area contributed by atoms with Crippen molar-refractivity contribution in [3.8, 4) is 0 Å². The first-order valence-electron chi connectivity index (χ1n) is 10.1. The van der Waals surface area contributed by atoms with Gasteiger partial charge in [-0.2, -0.15) is 0 Å². The number of hydrogen-bond acceptors (Lipinski definition) is 3. The molecular weight excluding hydrogens is 454 g/mol. The van der Waals surface area contributed by atoms with Gasteiger partial charge in [0, 0.05) is 23.6 Å². The van der Waals surface area contributed by atoms with Crippen molar-refractivity contribution in [2.24, 2.45) is 0 Å². The second-order valence-corrected chi connectivity index (χ2v) is 8.69. The molecule has 1 amide bonds. The molecule has 1 aliphatic rings. The van der Waals surface area contributed by atoms with E-state index in [4.69, 9.17) is 4.98 Å². The molecular formula is C25H20BrN3O2. The number of amides is 1. The van der Waals surface area contributed by atoms with Gasteiger partial charge in [0.2, 0.25) is 5.91 Å². The number of anilines is 1. The van der Waals surface area contributed by atoms with Crippen LogP contribution in [0.5, 0.6) is 0 Å². The zero-order chi connectivity index (χ0) is 21.5. The van der Waals surface area contributed by atoms with Crippen molar-refractivity contribution < 1.29 is 4.79 Å². The van der Waals surface area contributed by atoms with E-state index >= 15 is 0 Å². The molecule has 154 valence electrons. The van der Waals surface area contributed by atoms with Crippen molar-refractivity contribution in [3.05, 3.63) is 105 Å². The van der Waals surface area contributed by atoms with Crippen LogP contribution in [0.25, 0.3) is 10.9 Å². The number of para-hydroxylation sites is 1. The Kier molecular flexibility index (Phi) is 4.94. The summed E-state index contributed by atoms with van der Waals surface area (Å²) < 4.78 is 2.63. The molecule has 3 aromatic carbocycles. The highest BCUT2D eigenvalue weighted by atomic mass is 79.9. The van der Waals surface area contributed by atoms with Gasteiger partial charge in [0.15, 0.2) is 0 Å². The predicted octanol–water partition coefficient (Wildman–Crippen LogP) is 4.51. The average molecular weight is 474 g/mol. The van der Waals surface area contributed by atoms with Gasteiger partial charge in [0.25, 0.3) is 5.56 Å². The molecule has 1 unspecified atom stereocenters. The summed E-state index contributed by atoms with van der Waals surface area (Å²) in [6.07, 6.45) is 0.361. The number of carbonyl (C=O) groups excluding carboxylic acids is 1. The molecule has 0 saturated heterocycles. The number of rotatable bonds is 4. The maximum absolute atomic E-state index is 13.4. The number of halogens is 1. The molecule has 1 aliphatic heterocycles. The van der Waals surface area contributed by atoms with E-state index < -0.39 is 0 Å². The van der Waals surface area contributed by atoms with E-state index in [9.17, 15) is 9.59 Å². The van der Waals surface area contributed by atoms with Crippen molar-refractivity contribution in [2.45, 2.75) is 18.9 Å². The quantitative estimate of drug-likeness (QED) is 0.438. The normalized spacial score (nSPS) is 15.5. The molecule has 0 fully saturated rings. The van der Waals surface area contributed by atoms with Gasteiger partial charge in [0.1, 0.15) is 5.82 Å². The zero-order valence-corrected chi connectivity index (χ0v) is 18.5. The summed E-state index contributed by atoms with van der Waals surface area (Å²) in [6.45, 7) is 0.412. The molecule has 5 nitrogen and oxygen atoms in total. The van der Waals surface area contributed by atoms with Crippen LogP contribution in [0.2, 0.25) is 0 Å². The summed E-state index contributed by atoms with van der Waals surface area (Å²) in [5.74, 6) is 0.251. The maximum Gasteiger partial charge on any atom is 0.261 e. The Hall–Kier alpha value is -3.25. The third-order valence-corrected chi connectivity index (χ3v) is 6.36. The number of carbonyl (C=O) groups is 1. The molecule has 0 aliphatic carbocycles. The first kappa shape index (κ1) is 19.7. The third kappa shape index (κ3) is 3.47. The van der Waals surface area contributed by atoms with Gasteiger partial charge in [-0.15, -0.1) is 0 Å². The van der Waals surface area contributed by atoms with Gasteiger partial charge in [-0.1, -0.05) is 58.4 Å². The Labute approximate surface area is 188 Å². The molecule has 0 radical (unpaired) electrons. The van der Waals surface area contributed by atoms with E-state index in [0.29, 0.717) is 29.7 Å². The molecule has 2 heterocycles. The molecule has 0 N–H and O–H groups in total. The van der Waals surface area contributed by atoms with Crippen LogP contribution in [0.15, 0.2) is 82.1 Å². The number of likely N-dealkylation sites (N-methyl/N-ethyl adjacent to an activating group) is 1. The summed E-state index contributed by atoms with van der Waals surface area (Å²) in [5, 5.41) is 0.584. The van der Waals surface area contributed by atoms with Gasteiger partial charge in [-0.05, 0) is 41.5 Å². The Bertz CT molecular complexity index is 1360. The van der Waals surface area contributed by atoms with E-state index in [1.165, 1.54) is 0 Å². The third-order valence-electron chi connectivity index (χ3n) is 5.87. The van der Waals surface area contributed by atoms with E-state index in [1.807, 2.05) is 66.7 Å². The summed E-state index contributed by atoms with van der Waals surface area (Å²) in [7, 11) is 1.79. The number of fused-ring (bicyclic) bond motifs is 2. The Morgan fingerprint density at radius 1 is 0.968 bits per heavy atom. The minimum absolute atomic E-state index is 0.0155. The number of hydrogen-bond donors (Lipinski definition) is 0. The van der Waals surface area contributed by atoms with Crippen LogP contribution in [0, 0.1) is 0 Å². The lowest BCUT2D eigenvalue weighted by Crippen LogP contribution is -2.30. The fraction of sp³-hybridized carbons (Fsp3) is 0.160. The zero-order valence-electron chi connectivity index (χ0n) is 17.0. The van der Waals surface area contributed by atoms with E-state index in [0.717, 1.165) is 21.3 Å². The first-order chi connectivity index (χ1) is 15.0. The maximum atomic E-state index is 13.4. The van der Waals surface area contributed by atoms with Gasteiger partial charge in [0.05, 0.1) is 23.4 Å². The Morgan fingerprint density at radius 3 is 2.52 bits per heavy atom. The number of benzene rings is 3. The molecule has 31 heavy (non-hydrogen) atoms. The number of aromatic nitrogens is 2. The minimum atomic E-state index is -0.382. The van der Waals surface area contributed by atoms with Gasteiger partial charge in [-0.3, -0.25) is 14.2 Å². The molecule has 4 aromatic rings. The molecule has 5 rings (SSSR count). The van der Waals surface area contributed by atoms with Crippen molar-refractivity contribution in [3.63, 3.8) is 0 Å². The van der Waals surface area contributed by atoms with Crippen LogP contribution < -0.4 is 10.5 Å². The minimum Gasteiger partial charge on any atom is -0.315 e. The van der Waals surface area contributed by atoms with E-state index in [1.54, 1.807) is 22.6 Å². The van der Waals surface area contributed by atoms with Crippen LogP contribution in [0.3, 0.4) is 0 Å². The lowest BCUT2D eigenvalue weighted by Gasteiger charge is -2.17. The number of nitrogens with zero attached hydrogens (tertiary/aromatic N) is 3. The second kappa shape index (κ2) is 7.78. The van der Waals surface area contributed by atoms with Gasteiger partial charge in [-0.25, -0.2) is 4.98 Å². The van der Waals surface area contributed by atoms with Crippen LogP contribution in [-0.4, -0.2) is 22.5 Å². The SMILES string of the molecule is CN1C(=O)C(Cc2nc3ccccc3c(=O)n2Cc2ccccc2)c2cc(Br)ccc21. The lowest BCUT2D eigenvalue weighted by atomic mass is 9.96. The Morgan fingerprint density at radius 2 is 1.71 bits per heavy atom. The van der Waals surface area contributed by atoms with Crippen molar-refractivity contribution in [1.29, 1.82) is 0 Å². The molecule has 1 atom stereocenters. The van der Waals surface area contributed by atoms with Crippen molar-refractivity contribution >= 4 is 38.4 Å². The molecule has 0 spiro atoms. The monoisotopic (exact) mass is 473 g/mol. The Balaban J connectivity index is 1.64. The van der Waals surface area contributed by atoms with Gasteiger partial charge < -0.3 is 4.90 Å². The standard InChI is InChI=1S/C25H20BrN3O2/c1-28-22-12-11-17(26)13-19(22)20(24(28)30)14-23-27-21-10-6-5-9-18(21)25(31)29(23)15-16-7-3-2-4-8-16/h2-13,20H,14-15H2,1H3. The summed E-state index contributed by atoms with van der Waals surface area (Å²) in [4.78, 5) is 33.0. The highest BCUT2D eigenvalue weighted by molar-refractivity contribution is 9.10. The van der Waals surface area contributed by atoms with Gasteiger partial charge >= 0.3 is 0 Å². The summed E-state index contributed by atoms with van der Waals surface area (Å²) >= 11 is 3.52. The van der Waals surface area contributed by atoms with E-state index in [2.05, 4.69) is 15.9 Å². The molecule has 1 aromatic heterocycles. The molecule has 6 heteroatoms. The fourth-order valence-corrected chi connectivity index (χ4v) is 4.65. The average Bonchev–Trinajstić information content (AvgIpc) is 3.01. The summed E-state index contributed by atoms with van der Waals surface area (Å²) in [5.41, 5.74) is 3.44. The van der Waals surface area contributed by atoms with Crippen LogP contribution in [0.1, 0.15) is 22.9 Å². The van der Waals surface area contributed by atoms with Crippen molar-refractivity contribution in [1.82, 2.24) is 9.55 Å². The topological polar surface area (TPSA) is 55.2 Å². The largest absolute Gasteiger partial charge is 0.315 e. The summed E-state index contributed by atoms with van der Waals surface area (Å²) in [6, 6.07) is 23.1.